The van der Waals surface area contributed by atoms with Gasteiger partial charge >= 0.3 is 5.97 Å². The number of carbonyl (C=O) groups is 2. The fourth-order valence-corrected chi connectivity index (χ4v) is 1.82. The predicted octanol–water partition coefficient (Wildman–Crippen LogP) is 1.09. The number of aromatic nitrogens is 1. The second kappa shape index (κ2) is 5.27. The molecule has 0 atom stereocenters. The van der Waals surface area contributed by atoms with E-state index in [9.17, 15) is 9.59 Å². The van der Waals surface area contributed by atoms with Gasteiger partial charge in [0.05, 0.1) is 12.1 Å². The summed E-state index contributed by atoms with van der Waals surface area (Å²) in [5, 5.41) is 12.4. The molecule has 1 aromatic carbocycles. The highest BCUT2D eigenvalue weighted by atomic mass is 16.4. The monoisotopic (exact) mass is 256 g/mol. The standard InChI is InChI=1S/C14H12N2O3/c1-2-6-15-13(17)9-16-7-5-10-3-4-11(14(18)19)8-12(10)16/h1,3-5,7-8H,6,9H2,(H,15,17)(H,18,19). The van der Waals surface area contributed by atoms with Crippen molar-refractivity contribution in [2.45, 2.75) is 6.54 Å². The Balaban J connectivity index is 2.28. The third-order valence-corrected chi connectivity index (χ3v) is 2.72. The van der Waals surface area contributed by atoms with Crippen LogP contribution in [0.25, 0.3) is 10.9 Å². The molecule has 2 rings (SSSR count). The number of rotatable bonds is 4. The molecule has 2 N–H and O–H groups in total. The highest BCUT2D eigenvalue weighted by Crippen LogP contribution is 2.17. The van der Waals surface area contributed by atoms with Crippen molar-refractivity contribution in [3.05, 3.63) is 36.0 Å². The Labute approximate surface area is 109 Å². The van der Waals surface area contributed by atoms with Crippen LogP contribution in [0.5, 0.6) is 0 Å². The molecule has 0 aliphatic rings. The second-order valence-corrected chi connectivity index (χ2v) is 4.00. The van der Waals surface area contributed by atoms with Crippen LogP contribution in [0.1, 0.15) is 10.4 Å². The van der Waals surface area contributed by atoms with Crippen molar-refractivity contribution in [2.24, 2.45) is 0 Å². The number of hydrogen-bond donors (Lipinski definition) is 2. The van der Waals surface area contributed by atoms with Crippen molar-refractivity contribution in [3.8, 4) is 12.3 Å². The zero-order valence-corrected chi connectivity index (χ0v) is 10.1. The Hall–Kier alpha value is -2.74. The van der Waals surface area contributed by atoms with Crippen molar-refractivity contribution < 1.29 is 14.7 Å². The minimum atomic E-state index is -0.994. The lowest BCUT2D eigenvalue weighted by Gasteiger charge is -2.05. The van der Waals surface area contributed by atoms with Gasteiger partial charge in [-0.3, -0.25) is 4.79 Å². The topological polar surface area (TPSA) is 71.3 Å². The number of aromatic carboxylic acids is 1. The summed E-state index contributed by atoms with van der Waals surface area (Å²) >= 11 is 0. The number of amides is 1. The third-order valence-electron chi connectivity index (χ3n) is 2.72. The molecule has 0 fully saturated rings. The summed E-state index contributed by atoms with van der Waals surface area (Å²) in [6.45, 7) is 0.284. The van der Waals surface area contributed by atoms with Gasteiger partial charge in [0.2, 0.25) is 5.91 Å². The van der Waals surface area contributed by atoms with E-state index in [1.165, 1.54) is 6.07 Å². The Morgan fingerprint density at radius 3 is 2.84 bits per heavy atom. The highest BCUT2D eigenvalue weighted by molar-refractivity contribution is 5.94. The number of nitrogens with zero attached hydrogens (tertiary/aromatic N) is 1. The van der Waals surface area contributed by atoms with Crippen LogP contribution >= 0.6 is 0 Å². The van der Waals surface area contributed by atoms with E-state index in [0.29, 0.717) is 5.52 Å². The van der Waals surface area contributed by atoms with Gasteiger partial charge in [-0.05, 0) is 23.6 Å². The quantitative estimate of drug-likeness (QED) is 0.804. The smallest absolute Gasteiger partial charge is 0.335 e. The van der Waals surface area contributed by atoms with Crippen LogP contribution in [0.3, 0.4) is 0 Å². The number of hydrogen-bond acceptors (Lipinski definition) is 2. The molecule has 0 unspecified atom stereocenters. The lowest BCUT2D eigenvalue weighted by molar-refractivity contribution is -0.121. The minimum absolute atomic E-state index is 0.105. The molecule has 0 saturated carbocycles. The predicted molar refractivity (Wildman–Crippen MR) is 70.7 cm³/mol. The maximum Gasteiger partial charge on any atom is 0.335 e. The second-order valence-electron chi connectivity index (χ2n) is 4.00. The fraction of sp³-hybridized carbons (Fsp3) is 0.143. The average Bonchev–Trinajstić information content (AvgIpc) is 2.78. The molecule has 0 radical (unpaired) electrons. The largest absolute Gasteiger partial charge is 0.478 e. The number of terminal acetylenes is 1. The van der Waals surface area contributed by atoms with Crippen LogP contribution in [0.15, 0.2) is 30.5 Å². The molecule has 0 aliphatic heterocycles. The maximum absolute atomic E-state index is 11.6. The van der Waals surface area contributed by atoms with E-state index >= 15 is 0 Å². The van der Waals surface area contributed by atoms with Gasteiger partial charge in [-0.2, -0.15) is 0 Å². The molecule has 2 aromatic rings. The van der Waals surface area contributed by atoms with Gasteiger partial charge in [-0.1, -0.05) is 12.0 Å². The maximum atomic E-state index is 11.6. The Kier molecular flexibility index (Phi) is 3.53. The van der Waals surface area contributed by atoms with E-state index in [2.05, 4.69) is 11.2 Å². The lowest BCUT2D eigenvalue weighted by atomic mass is 10.1. The molecule has 1 aromatic heterocycles. The molecule has 0 saturated heterocycles. The van der Waals surface area contributed by atoms with E-state index in [-0.39, 0.29) is 24.6 Å². The number of carboxylic acid groups (broad SMARTS) is 1. The Morgan fingerprint density at radius 1 is 1.37 bits per heavy atom. The van der Waals surface area contributed by atoms with Crippen molar-refractivity contribution in [3.63, 3.8) is 0 Å². The summed E-state index contributed by atoms with van der Waals surface area (Å²) in [4.78, 5) is 22.5. The molecule has 96 valence electrons. The van der Waals surface area contributed by atoms with Gasteiger partial charge in [-0.15, -0.1) is 6.42 Å². The van der Waals surface area contributed by atoms with E-state index in [1.807, 2.05) is 6.07 Å². The average molecular weight is 256 g/mol. The first-order valence-electron chi connectivity index (χ1n) is 5.64. The molecule has 5 nitrogen and oxygen atoms in total. The molecule has 1 heterocycles. The first-order chi connectivity index (χ1) is 9.11. The van der Waals surface area contributed by atoms with Crippen molar-refractivity contribution in [1.29, 1.82) is 0 Å². The number of carboxylic acids is 1. The van der Waals surface area contributed by atoms with Crippen LogP contribution in [0.2, 0.25) is 0 Å². The van der Waals surface area contributed by atoms with Gasteiger partial charge in [0.25, 0.3) is 0 Å². The normalized spacial score (nSPS) is 10.1. The first kappa shape index (κ1) is 12.7. The van der Waals surface area contributed by atoms with E-state index in [4.69, 9.17) is 11.5 Å². The molecule has 19 heavy (non-hydrogen) atoms. The zero-order chi connectivity index (χ0) is 13.8. The van der Waals surface area contributed by atoms with E-state index < -0.39 is 5.97 Å². The number of carbonyl (C=O) groups excluding carboxylic acids is 1. The highest BCUT2D eigenvalue weighted by Gasteiger charge is 2.09. The molecular formula is C14H12N2O3. The van der Waals surface area contributed by atoms with E-state index in [0.717, 1.165) is 5.39 Å². The lowest BCUT2D eigenvalue weighted by Crippen LogP contribution is -2.27. The van der Waals surface area contributed by atoms with Crippen LogP contribution in [-0.4, -0.2) is 28.1 Å². The molecule has 0 aliphatic carbocycles. The minimum Gasteiger partial charge on any atom is -0.478 e. The van der Waals surface area contributed by atoms with Crippen LogP contribution in [0, 0.1) is 12.3 Å². The zero-order valence-electron chi connectivity index (χ0n) is 10.1. The molecular weight excluding hydrogens is 244 g/mol. The summed E-state index contributed by atoms with van der Waals surface area (Å²) < 4.78 is 1.69. The summed E-state index contributed by atoms with van der Waals surface area (Å²) in [7, 11) is 0. The number of fused-ring (bicyclic) bond motifs is 1. The summed E-state index contributed by atoms with van der Waals surface area (Å²) in [6.07, 6.45) is 6.80. The number of benzene rings is 1. The van der Waals surface area contributed by atoms with Gasteiger partial charge in [-0.25, -0.2) is 4.79 Å². The van der Waals surface area contributed by atoms with Crippen LogP contribution in [-0.2, 0) is 11.3 Å². The van der Waals surface area contributed by atoms with E-state index in [1.54, 1.807) is 22.9 Å². The SMILES string of the molecule is C#CCNC(=O)Cn1ccc2ccc(C(=O)O)cc21. The van der Waals surface area contributed by atoms with Crippen molar-refractivity contribution in [1.82, 2.24) is 9.88 Å². The summed E-state index contributed by atoms with van der Waals surface area (Å²) in [6, 6.07) is 6.63. The molecule has 0 spiro atoms. The Bertz CT molecular complexity index is 680. The molecule has 5 heteroatoms. The van der Waals surface area contributed by atoms with Gasteiger partial charge < -0.3 is 15.0 Å². The number of nitrogens with one attached hydrogen (secondary N) is 1. The van der Waals surface area contributed by atoms with Crippen LogP contribution < -0.4 is 5.32 Å². The summed E-state index contributed by atoms with van der Waals surface area (Å²) in [5.41, 5.74) is 0.896. The third kappa shape index (κ3) is 2.75. The van der Waals surface area contributed by atoms with Crippen molar-refractivity contribution in [2.75, 3.05) is 6.54 Å². The Morgan fingerprint density at radius 2 is 2.16 bits per heavy atom. The van der Waals surface area contributed by atoms with Crippen LogP contribution in [0.4, 0.5) is 0 Å². The molecule has 1 amide bonds. The first-order valence-corrected chi connectivity index (χ1v) is 5.64. The summed E-state index contributed by atoms with van der Waals surface area (Å²) in [5.74, 6) is 1.11. The molecule has 0 bridgehead atoms. The van der Waals surface area contributed by atoms with Gasteiger partial charge in [0.15, 0.2) is 0 Å². The van der Waals surface area contributed by atoms with Crippen molar-refractivity contribution >= 4 is 22.8 Å². The van der Waals surface area contributed by atoms with Gasteiger partial charge in [0, 0.05) is 11.7 Å². The fourth-order valence-electron chi connectivity index (χ4n) is 1.82. The van der Waals surface area contributed by atoms with Gasteiger partial charge in [0.1, 0.15) is 6.54 Å².